The SMILES string of the molecule is Cc1cc(C(=O)O)cc2c1nc(Cc1cc(F)c(Br)cc1F)n2C[C@@H]1CCO1. The van der Waals surface area contributed by atoms with Gasteiger partial charge in [-0.05, 0) is 64.7 Å². The Kier molecular flexibility index (Phi) is 4.93. The minimum absolute atomic E-state index is 0.00330. The first-order valence-electron chi connectivity index (χ1n) is 8.81. The lowest BCUT2D eigenvalue weighted by molar-refractivity contribution is -0.0589. The highest BCUT2D eigenvalue weighted by atomic mass is 79.9. The first-order chi connectivity index (χ1) is 13.3. The zero-order valence-corrected chi connectivity index (χ0v) is 16.6. The largest absolute Gasteiger partial charge is 0.478 e. The standard InChI is InChI=1S/C20H17BrF2N2O3/c1-10-4-12(20(26)27)6-17-19(10)24-18(25(17)9-13-2-3-28-13)7-11-5-16(23)14(21)8-15(11)22/h4-6,8,13H,2-3,7,9H2,1H3,(H,26,27)/t13-/m0/s1. The van der Waals surface area contributed by atoms with Gasteiger partial charge in [0.05, 0.1) is 33.7 Å². The van der Waals surface area contributed by atoms with Crippen molar-refractivity contribution in [3.63, 3.8) is 0 Å². The molecule has 1 aliphatic heterocycles. The molecule has 1 N–H and O–H groups in total. The summed E-state index contributed by atoms with van der Waals surface area (Å²) in [5.41, 5.74) is 2.36. The van der Waals surface area contributed by atoms with E-state index in [4.69, 9.17) is 4.74 Å². The number of aryl methyl sites for hydroxylation is 1. The molecule has 1 aliphatic rings. The van der Waals surface area contributed by atoms with Crippen molar-refractivity contribution in [1.82, 2.24) is 9.55 Å². The summed E-state index contributed by atoms with van der Waals surface area (Å²) in [6.45, 7) is 2.95. The molecule has 0 unspecified atom stereocenters. The molecule has 1 saturated heterocycles. The molecule has 0 aliphatic carbocycles. The van der Waals surface area contributed by atoms with Crippen LogP contribution in [-0.2, 0) is 17.7 Å². The number of nitrogens with zero attached hydrogens (tertiary/aromatic N) is 2. The predicted octanol–water partition coefficient (Wildman–Crippen LogP) is 4.46. The zero-order chi connectivity index (χ0) is 20.0. The molecular weight excluding hydrogens is 434 g/mol. The van der Waals surface area contributed by atoms with Crippen LogP contribution in [0.5, 0.6) is 0 Å². The van der Waals surface area contributed by atoms with Gasteiger partial charge in [0.2, 0.25) is 0 Å². The van der Waals surface area contributed by atoms with Crippen molar-refractivity contribution in [2.75, 3.05) is 6.61 Å². The van der Waals surface area contributed by atoms with E-state index in [1.54, 1.807) is 19.1 Å². The zero-order valence-electron chi connectivity index (χ0n) is 15.0. The molecule has 28 heavy (non-hydrogen) atoms. The molecule has 0 amide bonds. The number of carboxylic acids is 1. The Morgan fingerprint density at radius 3 is 2.71 bits per heavy atom. The molecule has 8 heteroatoms. The maximum atomic E-state index is 14.4. The Morgan fingerprint density at radius 2 is 2.07 bits per heavy atom. The number of fused-ring (bicyclic) bond motifs is 1. The highest BCUT2D eigenvalue weighted by molar-refractivity contribution is 9.10. The minimum Gasteiger partial charge on any atom is -0.478 e. The molecule has 4 rings (SSSR count). The number of hydrogen-bond donors (Lipinski definition) is 1. The van der Waals surface area contributed by atoms with Gasteiger partial charge in [0.25, 0.3) is 0 Å². The van der Waals surface area contributed by atoms with Gasteiger partial charge in [0.1, 0.15) is 17.5 Å². The molecule has 1 fully saturated rings. The van der Waals surface area contributed by atoms with Crippen molar-refractivity contribution in [2.24, 2.45) is 0 Å². The van der Waals surface area contributed by atoms with Gasteiger partial charge in [-0.3, -0.25) is 0 Å². The van der Waals surface area contributed by atoms with E-state index in [0.717, 1.165) is 18.6 Å². The lowest BCUT2D eigenvalue weighted by Crippen LogP contribution is -2.31. The first kappa shape index (κ1) is 19.0. The van der Waals surface area contributed by atoms with Crippen molar-refractivity contribution in [2.45, 2.75) is 32.4 Å². The normalized spacial score (nSPS) is 16.4. The van der Waals surface area contributed by atoms with Crippen LogP contribution in [0.4, 0.5) is 8.78 Å². The van der Waals surface area contributed by atoms with E-state index in [-0.39, 0.29) is 28.1 Å². The summed E-state index contributed by atoms with van der Waals surface area (Å²) >= 11 is 2.98. The van der Waals surface area contributed by atoms with Crippen LogP contribution in [-0.4, -0.2) is 33.3 Å². The Balaban J connectivity index is 1.84. The monoisotopic (exact) mass is 450 g/mol. The van der Waals surface area contributed by atoms with E-state index in [2.05, 4.69) is 20.9 Å². The summed E-state index contributed by atoms with van der Waals surface area (Å²) in [7, 11) is 0. The number of aromatic nitrogens is 2. The second-order valence-corrected chi connectivity index (χ2v) is 7.77. The number of aromatic carboxylic acids is 1. The van der Waals surface area contributed by atoms with Gasteiger partial charge in [-0.25, -0.2) is 18.6 Å². The van der Waals surface area contributed by atoms with Crippen LogP contribution in [0, 0.1) is 18.6 Å². The molecule has 146 valence electrons. The van der Waals surface area contributed by atoms with Crippen LogP contribution in [0.25, 0.3) is 11.0 Å². The number of imidazole rings is 1. The Bertz CT molecular complexity index is 1090. The van der Waals surface area contributed by atoms with Crippen LogP contribution < -0.4 is 0 Å². The molecule has 2 aromatic carbocycles. The van der Waals surface area contributed by atoms with Crippen molar-refractivity contribution in [3.05, 3.63) is 62.9 Å². The minimum atomic E-state index is -1.03. The van der Waals surface area contributed by atoms with Crippen molar-refractivity contribution < 1.29 is 23.4 Å². The lowest BCUT2D eigenvalue weighted by atomic mass is 10.1. The van der Waals surface area contributed by atoms with E-state index in [9.17, 15) is 18.7 Å². The van der Waals surface area contributed by atoms with Crippen molar-refractivity contribution in [3.8, 4) is 0 Å². The van der Waals surface area contributed by atoms with Crippen LogP contribution in [0.15, 0.2) is 28.7 Å². The number of benzene rings is 2. The molecule has 0 radical (unpaired) electrons. The molecule has 3 aromatic rings. The topological polar surface area (TPSA) is 64.3 Å². The molecule has 0 bridgehead atoms. The predicted molar refractivity (Wildman–Crippen MR) is 103 cm³/mol. The van der Waals surface area contributed by atoms with Gasteiger partial charge < -0.3 is 14.4 Å². The number of hydrogen-bond acceptors (Lipinski definition) is 3. The average molecular weight is 451 g/mol. The van der Waals surface area contributed by atoms with Gasteiger partial charge in [0.15, 0.2) is 0 Å². The third kappa shape index (κ3) is 3.42. The second kappa shape index (κ2) is 7.25. The summed E-state index contributed by atoms with van der Waals surface area (Å²) in [6, 6.07) is 5.38. The van der Waals surface area contributed by atoms with Crippen molar-refractivity contribution in [1.29, 1.82) is 0 Å². The summed E-state index contributed by atoms with van der Waals surface area (Å²) in [5, 5.41) is 9.38. The highest BCUT2D eigenvalue weighted by Crippen LogP contribution is 2.28. The Morgan fingerprint density at radius 1 is 1.32 bits per heavy atom. The number of ether oxygens (including phenoxy) is 1. The second-order valence-electron chi connectivity index (χ2n) is 6.92. The Hall–Kier alpha value is -2.32. The first-order valence-corrected chi connectivity index (χ1v) is 9.61. The molecule has 2 heterocycles. The van der Waals surface area contributed by atoms with E-state index in [0.29, 0.717) is 35.6 Å². The smallest absolute Gasteiger partial charge is 0.335 e. The Labute approximate surface area is 168 Å². The number of halogens is 3. The quantitative estimate of drug-likeness (QED) is 0.582. The van der Waals surface area contributed by atoms with E-state index < -0.39 is 17.6 Å². The number of carboxylic acid groups (broad SMARTS) is 1. The van der Waals surface area contributed by atoms with Crippen LogP contribution in [0.3, 0.4) is 0 Å². The summed E-state index contributed by atoms with van der Waals surface area (Å²) in [4.78, 5) is 16.1. The molecular formula is C20H17BrF2N2O3. The van der Waals surface area contributed by atoms with Gasteiger partial charge in [-0.15, -0.1) is 0 Å². The number of carbonyl (C=O) groups is 1. The summed E-state index contributed by atoms with van der Waals surface area (Å²) in [5.74, 6) is -1.57. The molecule has 0 saturated carbocycles. The maximum Gasteiger partial charge on any atom is 0.335 e. The van der Waals surface area contributed by atoms with Crippen LogP contribution in [0.2, 0.25) is 0 Å². The van der Waals surface area contributed by atoms with Crippen LogP contribution in [0.1, 0.15) is 33.7 Å². The van der Waals surface area contributed by atoms with E-state index >= 15 is 0 Å². The number of rotatable bonds is 5. The van der Waals surface area contributed by atoms with Gasteiger partial charge in [0, 0.05) is 13.0 Å². The molecule has 1 atom stereocenters. The average Bonchev–Trinajstić information content (AvgIpc) is 2.93. The maximum absolute atomic E-state index is 14.4. The fourth-order valence-electron chi connectivity index (χ4n) is 3.40. The molecule has 0 spiro atoms. The van der Waals surface area contributed by atoms with E-state index in [1.165, 1.54) is 0 Å². The summed E-state index contributed by atoms with van der Waals surface area (Å²) in [6.07, 6.45) is 0.966. The highest BCUT2D eigenvalue weighted by Gasteiger charge is 2.24. The third-order valence-corrected chi connectivity index (χ3v) is 5.60. The van der Waals surface area contributed by atoms with Gasteiger partial charge in [-0.1, -0.05) is 0 Å². The van der Waals surface area contributed by atoms with Crippen LogP contribution >= 0.6 is 15.9 Å². The lowest BCUT2D eigenvalue weighted by Gasteiger charge is -2.27. The third-order valence-electron chi connectivity index (χ3n) is 4.99. The van der Waals surface area contributed by atoms with Gasteiger partial charge >= 0.3 is 5.97 Å². The summed E-state index contributed by atoms with van der Waals surface area (Å²) < 4.78 is 35.7. The fourth-order valence-corrected chi connectivity index (χ4v) is 3.72. The fraction of sp³-hybridized carbons (Fsp3) is 0.300. The molecule has 5 nitrogen and oxygen atoms in total. The van der Waals surface area contributed by atoms with Gasteiger partial charge in [-0.2, -0.15) is 0 Å². The van der Waals surface area contributed by atoms with Crippen molar-refractivity contribution >= 4 is 32.9 Å². The molecule has 1 aromatic heterocycles. The van der Waals surface area contributed by atoms with E-state index in [1.807, 2.05) is 4.57 Å².